The van der Waals surface area contributed by atoms with Gasteiger partial charge in [-0.25, -0.2) is 4.39 Å². The second-order valence-electron chi connectivity index (χ2n) is 4.67. The van der Waals surface area contributed by atoms with Gasteiger partial charge in [0.15, 0.2) is 0 Å². The van der Waals surface area contributed by atoms with Gasteiger partial charge in [0.05, 0.1) is 13.2 Å². The fourth-order valence-electron chi connectivity index (χ4n) is 2.08. The summed E-state index contributed by atoms with van der Waals surface area (Å²) in [7, 11) is 0. The third-order valence-electron chi connectivity index (χ3n) is 3.01. The van der Waals surface area contributed by atoms with E-state index in [0.29, 0.717) is 29.0 Å². The molecule has 0 amide bonds. The highest BCUT2D eigenvalue weighted by atomic mass is 79.9. The molecule has 1 aromatic rings. The van der Waals surface area contributed by atoms with E-state index >= 15 is 0 Å². The lowest BCUT2D eigenvalue weighted by Crippen LogP contribution is -2.26. The van der Waals surface area contributed by atoms with Gasteiger partial charge in [-0.3, -0.25) is 4.79 Å². The van der Waals surface area contributed by atoms with Crippen molar-refractivity contribution in [3.8, 4) is 5.75 Å². The van der Waals surface area contributed by atoms with Crippen molar-refractivity contribution in [3.63, 3.8) is 0 Å². The van der Waals surface area contributed by atoms with Crippen molar-refractivity contribution in [2.45, 2.75) is 32.3 Å². The van der Waals surface area contributed by atoms with Crippen LogP contribution in [0.3, 0.4) is 0 Å². The van der Waals surface area contributed by atoms with Crippen LogP contribution in [0.5, 0.6) is 5.75 Å². The van der Waals surface area contributed by atoms with Gasteiger partial charge >= 0.3 is 0 Å². The lowest BCUT2D eigenvalue weighted by atomic mass is 10.1. The Kier molecular flexibility index (Phi) is 4.93. The van der Waals surface area contributed by atoms with Crippen LogP contribution in [0.1, 0.15) is 25.3 Å². The average molecular weight is 331 g/mol. The summed E-state index contributed by atoms with van der Waals surface area (Å²) in [5, 5.41) is 0. The van der Waals surface area contributed by atoms with E-state index in [1.54, 1.807) is 6.07 Å². The maximum Gasteiger partial charge on any atom is 0.134 e. The number of ketones is 1. The van der Waals surface area contributed by atoms with E-state index in [2.05, 4.69) is 15.9 Å². The predicted molar refractivity (Wildman–Crippen MR) is 73.0 cm³/mol. The third kappa shape index (κ3) is 4.01. The molecule has 104 valence electrons. The molecule has 0 spiro atoms. The average Bonchev–Trinajstić information content (AvgIpc) is 2.34. The second-order valence-corrected chi connectivity index (χ2v) is 5.59. The van der Waals surface area contributed by atoms with Gasteiger partial charge in [0.2, 0.25) is 0 Å². The van der Waals surface area contributed by atoms with Crippen LogP contribution >= 0.6 is 15.9 Å². The molecule has 0 radical (unpaired) electrons. The van der Waals surface area contributed by atoms with Gasteiger partial charge in [0.25, 0.3) is 0 Å². The molecule has 1 fully saturated rings. The number of ether oxygens (including phenoxy) is 2. The highest BCUT2D eigenvalue weighted by molar-refractivity contribution is 9.10. The summed E-state index contributed by atoms with van der Waals surface area (Å²) in [6, 6.07) is 3.08. The Morgan fingerprint density at radius 2 is 2.16 bits per heavy atom. The smallest absolute Gasteiger partial charge is 0.134 e. The van der Waals surface area contributed by atoms with Crippen LogP contribution in [0.25, 0.3) is 0 Å². The van der Waals surface area contributed by atoms with Gasteiger partial charge in [-0.05, 0) is 19.1 Å². The number of carbonyl (C=O) groups is 1. The van der Waals surface area contributed by atoms with Gasteiger partial charge < -0.3 is 9.47 Å². The highest BCUT2D eigenvalue weighted by Crippen LogP contribution is 2.29. The summed E-state index contributed by atoms with van der Waals surface area (Å²) >= 11 is 3.25. The molecule has 3 nitrogen and oxygen atoms in total. The summed E-state index contributed by atoms with van der Waals surface area (Å²) in [6.07, 6.45) is 1.65. The van der Waals surface area contributed by atoms with Crippen molar-refractivity contribution in [2.24, 2.45) is 0 Å². The zero-order valence-electron chi connectivity index (χ0n) is 10.7. The van der Waals surface area contributed by atoms with Crippen molar-refractivity contribution < 1.29 is 18.7 Å². The van der Waals surface area contributed by atoms with E-state index < -0.39 is 5.82 Å². The first kappa shape index (κ1) is 14.5. The van der Waals surface area contributed by atoms with Crippen LogP contribution in [0.2, 0.25) is 0 Å². The minimum atomic E-state index is -0.411. The highest BCUT2D eigenvalue weighted by Gasteiger charge is 2.19. The number of Topliss-reactive ketones (excluding diaryl/α,β-unsaturated/α-hetero) is 1. The molecule has 2 rings (SSSR count). The lowest BCUT2D eigenvalue weighted by molar-refractivity contribution is -0.116. The number of carbonyl (C=O) groups excluding carboxylic acids is 1. The normalized spacial score (nSPS) is 16.4. The summed E-state index contributed by atoms with van der Waals surface area (Å²) in [5.74, 6) is -0.0429. The molecule has 0 aliphatic carbocycles. The van der Waals surface area contributed by atoms with E-state index in [4.69, 9.17) is 9.47 Å². The van der Waals surface area contributed by atoms with Gasteiger partial charge in [-0.15, -0.1) is 0 Å². The number of hydrogen-bond donors (Lipinski definition) is 0. The van der Waals surface area contributed by atoms with E-state index in [0.717, 1.165) is 12.8 Å². The van der Waals surface area contributed by atoms with E-state index in [1.807, 2.05) is 0 Å². The SMILES string of the molecule is CC(=O)Cc1c(F)cc(Br)cc1OC1CCOCC1. The third-order valence-corrected chi connectivity index (χ3v) is 3.46. The number of hydrogen-bond acceptors (Lipinski definition) is 3. The molecule has 1 aliphatic heterocycles. The van der Waals surface area contributed by atoms with Crippen molar-refractivity contribution in [1.29, 1.82) is 0 Å². The molecule has 0 bridgehead atoms. The Morgan fingerprint density at radius 3 is 2.79 bits per heavy atom. The molecular weight excluding hydrogens is 315 g/mol. The maximum atomic E-state index is 13.9. The second kappa shape index (κ2) is 6.48. The molecule has 1 heterocycles. The van der Waals surface area contributed by atoms with Crippen molar-refractivity contribution >= 4 is 21.7 Å². The Hall–Kier alpha value is -0.940. The van der Waals surface area contributed by atoms with E-state index in [1.165, 1.54) is 13.0 Å². The molecule has 0 atom stereocenters. The quantitative estimate of drug-likeness (QED) is 0.849. The van der Waals surface area contributed by atoms with Crippen LogP contribution in [0.15, 0.2) is 16.6 Å². The number of halogens is 2. The van der Waals surface area contributed by atoms with Gasteiger partial charge in [0, 0.05) is 29.3 Å². The monoisotopic (exact) mass is 330 g/mol. The summed E-state index contributed by atoms with van der Waals surface area (Å²) in [4.78, 5) is 11.2. The molecular formula is C14H16BrFO3. The minimum absolute atomic E-state index is 0.0214. The first-order valence-corrected chi connectivity index (χ1v) is 7.07. The molecule has 1 aliphatic rings. The first-order valence-electron chi connectivity index (χ1n) is 6.28. The molecule has 1 aromatic carbocycles. The lowest BCUT2D eigenvalue weighted by Gasteiger charge is -2.24. The zero-order valence-corrected chi connectivity index (χ0v) is 12.3. The Morgan fingerprint density at radius 1 is 1.47 bits per heavy atom. The predicted octanol–water partition coefficient (Wildman–Crippen LogP) is 3.28. The molecule has 0 saturated carbocycles. The van der Waals surface area contributed by atoms with Crippen molar-refractivity contribution in [2.75, 3.05) is 13.2 Å². The fraction of sp³-hybridized carbons (Fsp3) is 0.500. The zero-order chi connectivity index (χ0) is 13.8. The molecule has 5 heteroatoms. The minimum Gasteiger partial charge on any atom is -0.490 e. The summed E-state index contributed by atoms with van der Waals surface area (Å²) < 4.78 is 25.7. The van der Waals surface area contributed by atoms with E-state index in [9.17, 15) is 9.18 Å². The van der Waals surface area contributed by atoms with Crippen LogP contribution in [0, 0.1) is 5.82 Å². The molecule has 0 aromatic heterocycles. The van der Waals surface area contributed by atoms with E-state index in [-0.39, 0.29) is 18.3 Å². The summed E-state index contributed by atoms with van der Waals surface area (Å²) in [6.45, 7) is 2.76. The first-order chi connectivity index (χ1) is 9.06. The molecule has 19 heavy (non-hydrogen) atoms. The van der Waals surface area contributed by atoms with Crippen LogP contribution in [0.4, 0.5) is 4.39 Å². The number of rotatable bonds is 4. The molecule has 0 unspecified atom stereocenters. The van der Waals surface area contributed by atoms with Gasteiger partial charge in [0.1, 0.15) is 23.5 Å². The van der Waals surface area contributed by atoms with Crippen LogP contribution in [-0.4, -0.2) is 25.1 Å². The van der Waals surface area contributed by atoms with Gasteiger partial charge in [-0.2, -0.15) is 0 Å². The number of benzene rings is 1. The maximum absolute atomic E-state index is 13.9. The molecule has 1 saturated heterocycles. The Bertz CT molecular complexity index is 470. The Labute approximate surface area is 120 Å². The summed E-state index contributed by atoms with van der Waals surface area (Å²) in [5.41, 5.74) is 0.335. The van der Waals surface area contributed by atoms with Crippen molar-refractivity contribution in [3.05, 3.63) is 28.0 Å². The fourth-order valence-corrected chi connectivity index (χ4v) is 2.49. The largest absolute Gasteiger partial charge is 0.490 e. The van der Waals surface area contributed by atoms with Gasteiger partial charge in [-0.1, -0.05) is 15.9 Å². The Balaban J connectivity index is 2.23. The topological polar surface area (TPSA) is 35.5 Å². The molecule has 0 N–H and O–H groups in total. The standard InChI is InChI=1S/C14H16BrFO3/c1-9(17)6-12-13(16)7-10(15)8-14(12)19-11-2-4-18-5-3-11/h7-8,11H,2-6H2,1H3. The van der Waals surface area contributed by atoms with Crippen LogP contribution in [-0.2, 0) is 16.0 Å². The van der Waals surface area contributed by atoms with Crippen LogP contribution < -0.4 is 4.74 Å². The van der Waals surface area contributed by atoms with Crippen molar-refractivity contribution in [1.82, 2.24) is 0 Å².